The number of carbonyl (C=O) groups excluding carboxylic acids is 1. The number of nitrogens with one attached hydrogen (secondary N) is 2. The van der Waals surface area contributed by atoms with E-state index in [2.05, 4.69) is 36.3 Å². The van der Waals surface area contributed by atoms with Gasteiger partial charge in [-0.1, -0.05) is 15.9 Å². The zero-order valence-corrected chi connectivity index (χ0v) is 13.2. The minimum absolute atomic E-state index is 0.0712. The van der Waals surface area contributed by atoms with Crippen molar-refractivity contribution in [1.82, 2.24) is 20.4 Å². The van der Waals surface area contributed by atoms with Crippen molar-refractivity contribution < 1.29 is 4.79 Å². The monoisotopic (exact) mass is 348 g/mol. The van der Waals surface area contributed by atoms with E-state index in [0.717, 1.165) is 21.9 Å². The number of nitrogens with zero attached hydrogens (tertiary/aromatic N) is 2. The minimum atomic E-state index is -0.0712. The Morgan fingerprint density at radius 2 is 2.19 bits per heavy atom. The van der Waals surface area contributed by atoms with Gasteiger partial charge < -0.3 is 10.2 Å². The molecule has 2 bridgehead atoms. The van der Waals surface area contributed by atoms with Crippen molar-refractivity contribution in [3.63, 3.8) is 0 Å². The molecule has 2 aromatic rings. The van der Waals surface area contributed by atoms with E-state index >= 15 is 0 Å². The first-order valence-corrected chi connectivity index (χ1v) is 8.17. The first-order chi connectivity index (χ1) is 10.2. The summed E-state index contributed by atoms with van der Waals surface area (Å²) in [6.07, 6.45) is 2.38. The second-order valence-electron chi connectivity index (χ2n) is 5.98. The van der Waals surface area contributed by atoms with Gasteiger partial charge in [-0.25, -0.2) is 0 Å². The van der Waals surface area contributed by atoms with Crippen molar-refractivity contribution in [2.45, 2.75) is 18.9 Å². The maximum atomic E-state index is 12.5. The Bertz CT molecular complexity index is 690. The highest BCUT2D eigenvalue weighted by Gasteiger charge is 2.35. The lowest BCUT2D eigenvalue weighted by molar-refractivity contribution is 0.0618. The van der Waals surface area contributed by atoms with Crippen molar-refractivity contribution in [2.24, 2.45) is 5.92 Å². The van der Waals surface area contributed by atoms with Gasteiger partial charge in [-0.3, -0.25) is 9.89 Å². The van der Waals surface area contributed by atoms with E-state index in [1.165, 1.54) is 25.9 Å². The lowest BCUT2D eigenvalue weighted by Gasteiger charge is -2.44. The maximum absolute atomic E-state index is 12.5. The summed E-state index contributed by atoms with van der Waals surface area (Å²) in [4.78, 5) is 15.0. The quantitative estimate of drug-likeness (QED) is 0.874. The molecule has 0 radical (unpaired) electrons. The molecule has 6 heteroatoms. The number of hydrogen-bond donors (Lipinski definition) is 2. The third-order valence-corrected chi connectivity index (χ3v) is 5.21. The van der Waals surface area contributed by atoms with Crippen LogP contribution in [0.5, 0.6) is 0 Å². The molecule has 4 heterocycles. The van der Waals surface area contributed by atoms with Gasteiger partial charge in [0.1, 0.15) is 0 Å². The Labute approximate surface area is 131 Å². The summed E-state index contributed by atoms with van der Waals surface area (Å²) in [5.74, 6) is 0.550. The highest BCUT2D eigenvalue weighted by atomic mass is 79.9. The van der Waals surface area contributed by atoms with E-state index in [4.69, 9.17) is 0 Å². The second-order valence-corrected chi connectivity index (χ2v) is 6.90. The molecule has 0 unspecified atom stereocenters. The van der Waals surface area contributed by atoms with Gasteiger partial charge in [0.25, 0.3) is 5.91 Å². The average molecular weight is 349 g/mol. The number of H-pyrrole nitrogens is 1. The molecule has 3 fully saturated rings. The molecule has 1 atom stereocenters. The molecule has 0 spiro atoms. The molecule has 21 heavy (non-hydrogen) atoms. The van der Waals surface area contributed by atoms with Crippen LogP contribution < -0.4 is 5.32 Å². The summed E-state index contributed by atoms with van der Waals surface area (Å²) in [6, 6.07) is 6.07. The van der Waals surface area contributed by atoms with Gasteiger partial charge in [-0.2, -0.15) is 5.10 Å². The molecule has 2 N–H and O–H groups in total. The molecular formula is C15H17BrN4O. The highest BCUT2D eigenvalue weighted by molar-refractivity contribution is 9.10. The van der Waals surface area contributed by atoms with Gasteiger partial charge in [0.05, 0.1) is 5.52 Å². The predicted octanol–water partition coefficient (Wildman–Crippen LogP) is 2.15. The fourth-order valence-electron chi connectivity index (χ4n) is 3.52. The molecule has 5 nitrogen and oxygen atoms in total. The molecule has 1 aromatic heterocycles. The van der Waals surface area contributed by atoms with Gasteiger partial charge in [-0.05, 0) is 50.0 Å². The molecular weight excluding hydrogens is 332 g/mol. The van der Waals surface area contributed by atoms with Crippen LogP contribution in [-0.4, -0.2) is 46.7 Å². The molecule has 5 rings (SSSR count). The summed E-state index contributed by atoms with van der Waals surface area (Å²) < 4.78 is 0.952. The standard InChI is InChI=1S/C15H17BrN4O/c16-10-1-2-12-11(7-10)14(19-18-12)15(21)17-13-8-20-5-3-9(13)4-6-20/h1-2,7,9,13H,3-6,8H2,(H,17,21)(H,18,19)/t13-/m1/s1. The highest BCUT2D eigenvalue weighted by Crippen LogP contribution is 2.28. The summed E-state index contributed by atoms with van der Waals surface area (Å²) in [5, 5.41) is 11.2. The number of piperidine rings is 3. The molecule has 3 saturated heterocycles. The summed E-state index contributed by atoms with van der Waals surface area (Å²) in [6.45, 7) is 3.33. The van der Waals surface area contributed by atoms with Crippen molar-refractivity contribution in [1.29, 1.82) is 0 Å². The van der Waals surface area contributed by atoms with Crippen LogP contribution in [0.15, 0.2) is 22.7 Å². The van der Waals surface area contributed by atoms with E-state index in [-0.39, 0.29) is 11.9 Å². The van der Waals surface area contributed by atoms with Gasteiger partial charge in [0.15, 0.2) is 5.69 Å². The van der Waals surface area contributed by atoms with Gasteiger partial charge >= 0.3 is 0 Å². The van der Waals surface area contributed by atoms with Crippen LogP contribution >= 0.6 is 15.9 Å². The van der Waals surface area contributed by atoms with E-state index in [1.54, 1.807) is 0 Å². The third-order valence-electron chi connectivity index (χ3n) is 4.71. The Hall–Kier alpha value is -1.40. The van der Waals surface area contributed by atoms with Gasteiger partial charge in [-0.15, -0.1) is 0 Å². The van der Waals surface area contributed by atoms with Crippen LogP contribution in [-0.2, 0) is 0 Å². The van der Waals surface area contributed by atoms with Crippen LogP contribution in [0.25, 0.3) is 10.9 Å². The topological polar surface area (TPSA) is 61.0 Å². The number of aromatic nitrogens is 2. The number of amides is 1. The lowest BCUT2D eigenvalue weighted by atomic mass is 9.84. The van der Waals surface area contributed by atoms with Gasteiger partial charge in [0.2, 0.25) is 0 Å². The second kappa shape index (κ2) is 5.10. The van der Waals surface area contributed by atoms with E-state index in [9.17, 15) is 4.79 Å². The van der Waals surface area contributed by atoms with Crippen LogP contribution in [0.1, 0.15) is 23.3 Å². The van der Waals surface area contributed by atoms with Crippen molar-refractivity contribution in [3.8, 4) is 0 Å². The number of hydrogen-bond acceptors (Lipinski definition) is 3. The first-order valence-electron chi connectivity index (χ1n) is 7.37. The van der Waals surface area contributed by atoms with E-state index in [0.29, 0.717) is 11.6 Å². The van der Waals surface area contributed by atoms with Crippen LogP contribution in [0.3, 0.4) is 0 Å². The maximum Gasteiger partial charge on any atom is 0.272 e. The fraction of sp³-hybridized carbons (Fsp3) is 0.467. The zero-order valence-electron chi connectivity index (χ0n) is 11.6. The number of halogens is 1. The largest absolute Gasteiger partial charge is 0.346 e. The van der Waals surface area contributed by atoms with Crippen molar-refractivity contribution >= 4 is 32.7 Å². The number of rotatable bonds is 2. The van der Waals surface area contributed by atoms with Crippen LogP contribution in [0.4, 0.5) is 0 Å². The lowest BCUT2D eigenvalue weighted by Crippen LogP contribution is -2.57. The summed E-state index contributed by atoms with van der Waals surface area (Å²) >= 11 is 3.45. The van der Waals surface area contributed by atoms with Crippen molar-refractivity contribution in [3.05, 3.63) is 28.4 Å². The van der Waals surface area contributed by atoms with Crippen LogP contribution in [0.2, 0.25) is 0 Å². The predicted molar refractivity (Wildman–Crippen MR) is 84.2 cm³/mol. The number of carbonyl (C=O) groups is 1. The molecule has 1 aromatic carbocycles. The molecule has 3 aliphatic rings. The molecule has 3 aliphatic heterocycles. The SMILES string of the molecule is O=C(N[C@@H]1CN2CCC1CC2)c1n[nH]c2ccc(Br)cc12. The molecule has 0 aliphatic carbocycles. The Balaban J connectivity index is 1.57. The fourth-order valence-corrected chi connectivity index (χ4v) is 3.89. The minimum Gasteiger partial charge on any atom is -0.346 e. The van der Waals surface area contributed by atoms with Crippen LogP contribution in [0, 0.1) is 5.92 Å². The smallest absolute Gasteiger partial charge is 0.272 e. The first kappa shape index (κ1) is 13.3. The molecule has 0 saturated carbocycles. The Morgan fingerprint density at radius 3 is 2.90 bits per heavy atom. The number of benzene rings is 1. The van der Waals surface area contributed by atoms with E-state index in [1.807, 2.05) is 18.2 Å². The van der Waals surface area contributed by atoms with Gasteiger partial charge in [0, 0.05) is 22.4 Å². The zero-order chi connectivity index (χ0) is 14.4. The third kappa shape index (κ3) is 2.36. The average Bonchev–Trinajstić information content (AvgIpc) is 2.91. The summed E-state index contributed by atoms with van der Waals surface area (Å²) in [5.41, 5.74) is 1.38. The normalized spacial score (nSPS) is 28.0. The number of aromatic amines is 1. The Morgan fingerprint density at radius 1 is 1.38 bits per heavy atom. The molecule has 110 valence electrons. The number of fused-ring (bicyclic) bond motifs is 4. The van der Waals surface area contributed by atoms with E-state index < -0.39 is 0 Å². The Kier molecular flexibility index (Phi) is 3.23. The summed E-state index contributed by atoms with van der Waals surface area (Å²) in [7, 11) is 0. The molecule has 1 amide bonds. The van der Waals surface area contributed by atoms with Crippen molar-refractivity contribution in [2.75, 3.05) is 19.6 Å².